The smallest absolute Gasteiger partial charge is 0.322 e. The summed E-state index contributed by atoms with van der Waals surface area (Å²) in [5.74, 6) is -0.215. The fraction of sp³-hybridized carbons (Fsp3) is 0.500. The number of amides is 3. The summed E-state index contributed by atoms with van der Waals surface area (Å²) in [5, 5.41) is 6.63. The van der Waals surface area contributed by atoms with Crippen LogP contribution < -0.4 is 5.32 Å². The number of urea groups is 1. The molecular formula is C10H14N4O2. The van der Waals surface area contributed by atoms with Crippen LogP contribution in [0.3, 0.4) is 0 Å². The van der Waals surface area contributed by atoms with Crippen molar-refractivity contribution in [3.63, 3.8) is 0 Å². The zero-order valence-corrected chi connectivity index (χ0v) is 9.47. The Morgan fingerprint density at radius 3 is 2.56 bits per heavy atom. The molecule has 2 heterocycles. The Labute approximate surface area is 93.2 Å². The van der Waals surface area contributed by atoms with Gasteiger partial charge in [-0.05, 0) is 13.8 Å². The van der Waals surface area contributed by atoms with Crippen LogP contribution in [0.4, 0.5) is 4.79 Å². The fourth-order valence-electron chi connectivity index (χ4n) is 1.80. The van der Waals surface area contributed by atoms with Gasteiger partial charge in [0.15, 0.2) is 0 Å². The molecule has 3 amide bonds. The van der Waals surface area contributed by atoms with Crippen LogP contribution in [-0.4, -0.2) is 32.7 Å². The minimum atomic E-state index is -0.594. The van der Waals surface area contributed by atoms with Gasteiger partial charge in [0.1, 0.15) is 6.04 Å². The van der Waals surface area contributed by atoms with Gasteiger partial charge in [-0.25, -0.2) is 4.79 Å². The fourth-order valence-corrected chi connectivity index (χ4v) is 1.80. The lowest BCUT2D eigenvalue weighted by atomic mass is 10.1. The maximum absolute atomic E-state index is 12.0. The van der Waals surface area contributed by atoms with Crippen LogP contribution in [0.1, 0.15) is 25.5 Å². The van der Waals surface area contributed by atoms with E-state index >= 15 is 0 Å². The van der Waals surface area contributed by atoms with E-state index in [2.05, 4.69) is 10.4 Å². The van der Waals surface area contributed by atoms with Gasteiger partial charge in [0.2, 0.25) is 0 Å². The summed E-state index contributed by atoms with van der Waals surface area (Å²) in [5.41, 5.74) is 0.712. The molecule has 1 aliphatic heterocycles. The number of nitrogens with zero attached hydrogens (tertiary/aromatic N) is 3. The van der Waals surface area contributed by atoms with Gasteiger partial charge < -0.3 is 5.32 Å². The average Bonchev–Trinajstić information content (AvgIpc) is 2.70. The summed E-state index contributed by atoms with van der Waals surface area (Å²) in [6.45, 7) is 3.62. The van der Waals surface area contributed by atoms with E-state index in [1.54, 1.807) is 24.1 Å². The first-order valence-electron chi connectivity index (χ1n) is 5.13. The highest BCUT2D eigenvalue weighted by Crippen LogP contribution is 2.22. The van der Waals surface area contributed by atoms with E-state index in [0.717, 1.165) is 0 Å². The molecule has 0 aromatic carbocycles. The molecule has 0 spiro atoms. The second-order valence-corrected chi connectivity index (χ2v) is 4.13. The first kappa shape index (κ1) is 10.7. The first-order chi connectivity index (χ1) is 7.50. The van der Waals surface area contributed by atoms with Crippen LogP contribution >= 0.6 is 0 Å². The molecule has 1 fully saturated rings. The molecule has 1 aromatic rings. The Morgan fingerprint density at radius 1 is 1.44 bits per heavy atom. The van der Waals surface area contributed by atoms with Crippen LogP contribution in [0, 0.1) is 0 Å². The SMILES string of the molecule is CC(C)N1C(=O)NC(c2cnn(C)c2)C1=O. The van der Waals surface area contributed by atoms with E-state index in [9.17, 15) is 9.59 Å². The molecule has 2 rings (SSSR count). The molecule has 1 aliphatic rings. The van der Waals surface area contributed by atoms with E-state index in [0.29, 0.717) is 5.56 Å². The molecular weight excluding hydrogens is 208 g/mol. The van der Waals surface area contributed by atoms with E-state index in [1.807, 2.05) is 13.8 Å². The van der Waals surface area contributed by atoms with Crippen molar-refractivity contribution >= 4 is 11.9 Å². The predicted molar refractivity (Wildman–Crippen MR) is 56.5 cm³/mol. The molecule has 1 atom stereocenters. The van der Waals surface area contributed by atoms with Gasteiger partial charge in [0, 0.05) is 24.8 Å². The number of hydrogen-bond acceptors (Lipinski definition) is 3. The topological polar surface area (TPSA) is 67.2 Å². The maximum atomic E-state index is 12.0. The zero-order chi connectivity index (χ0) is 11.9. The lowest BCUT2D eigenvalue weighted by Gasteiger charge is -2.16. The van der Waals surface area contributed by atoms with Crippen molar-refractivity contribution in [2.75, 3.05) is 0 Å². The number of carbonyl (C=O) groups is 2. The summed E-state index contributed by atoms with van der Waals surface area (Å²) in [6, 6.07) is -1.06. The van der Waals surface area contributed by atoms with E-state index < -0.39 is 6.04 Å². The van der Waals surface area contributed by atoms with E-state index in [-0.39, 0.29) is 18.0 Å². The summed E-state index contributed by atoms with van der Waals surface area (Å²) < 4.78 is 1.60. The number of imide groups is 1. The van der Waals surface area contributed by atoms with Gasteiger partial charge >= 0.3 is 6.03 Å². The second kappa shape index (κ2) is 3.62. The van der Waals surface area contributed by atoms with Crippen molar-refractivity contribution in [3.05, 3.63) is 18.0 Å². The lowest BCUT2D eigenvalue weighted by molar-refractivity contribution is -0.128. The van der Waals surface area contributed by atoms with Crippen molar-refractivity contribution in [2.45, 2.75) is 25.9 Å². The number of nitrogens with one attached hydrogen (secondary N) is 1. The Bertz CT molecular complexity index is 438. The molecule has 1 unspecified atom stereocenters. The molecule has 0 aliphatic carbocycles. The Hall–Kier alpha value is -1.85. The van der Waals surface area contributed by atoms with Gasteiger partial charge in [-0.2, -0.15) is 5.10 Å². The third-order valence-electron chi connectivity index (χ3n) is 2.55. The van der Waals surface area contributed by atoms with Crippen LogP contribution in [0.15, 0.2) is 12.4 Å². The average molecular weight is 222 g/mol. The predicted octanol–water partition coefficient (Wildman–Crippen LogP) is 0.421. The van der Waals surface area contributed by atoms with Gasteiger partial charge in [-0.15, -0.1) is 0 Å². The van der Waals surface area contributed by atoms with Crippen molar-refractivity contribution < 1.29 is 9.59 Å². The van der Waals surface area contributed by atoms with Crippen LogP contribution in [0.25, 0.3) is 0 Å². The quantitative estimate of drug-likeness (QED) is 0.737. The van der Waals surface area contributed by atoms with Crippen LogP contribution in [0.5, 0.6) is 0 Å². The van der Waals surface area contributed by atoms with Gasteiger partial charge in [-0.3, -0.25) is 14.4 Å². The molecule has 0 radical (unpaired) electrons. The van der Waals surface area contributed by atoms with Crippen molar-refractivity contribution in [1.29, 1.82) is 0 Å². The summed E-state index contributed by atoms with van der Waals surface area (Å²) in [4.78, 5) is 24.8. The highest BCUT2D eigenvalue weighted by atomic mass is 16.2. The van der Waals surface area contributed by atoms with Crippen molar-refractivity contribution in [3.8, 4) is 0 Å². The Morgan fingerprint density at radius 2 is 2.12 bits per heavy atom. The van der Waals surface area contributed by atoms with E-state index in [1.165, 1.54) is 4.90 Å². The molecule has 16 heavy (non-hydrogen) atoms. The van der Waals surface area contributed by atoms with Crippen molar-refractivity contribution in [2.24, 2.45) is 7.05 Å². The van der Waals surface area contributed by atoms with Gasteiger partial charge in [-0.1, -0.05) is 0 Å². The number of carbonyl (C=O) groups excluding carboxylic acids is 2. The molecule has 1 aromatic heterocycles. The third kappa shape index (κ3) is 1.56. The van der Waals surface area contributed by atoms with Gasteiger partial charge in [0.25, 0.3) is 5.91 Å². The molecule has 0 saturated carbocycles. The monoisotopic (exact) mass is 222 g/mol. The van der Waals surface area contributed by atoms with Gasteiger partial charge in [0.05, 0.1) is 6.20 Å². The number of aryl methyl sites for hydroxylation is 1. The van der Waals surface area contributed by atoms with Crippen molar-refractivity contribution in [1.82, 2.24) is 20.0 Å². The number of rotatable bonds is 2. The lowest BCUT2D eigenvalue weighted by Crippen LogP contribution is -2.36. The molecule has 6 nitrogen and oxygen atoms in total. The standard InChI is InChI=1S/C10H14N4O2/c1-6(2)14-9(15)8(12-10(14)16)7-4-11-13(3)5-7/h4-6,8H,1-3H3,(H,12,16). The minimum absolute atomic E-state index is 0.130. The second-order valence-electron chi connectivity index (χ2n) is 4.13. The summed E-state index contributed by atoms with van der Waals surface area (Å²) >= 11 is 0. The summed E-state index contributed by atoms with van der Waals surface area (Å²) in [7, 11) is 1.77. The molecule has 0 bridgehead atoms. The van der Waals surface area contributed by atoms with E-state index in [4.69, 9.17) is 0 Å². The molecule has 1 saturated heterocycles. The number of hydrogen-bond donors (Lipinski definition) is 1. The molecule has 86 valence electrons. The largest absolute Gasteiger partial charge is 0.325 e. The Kier molecular flexibility index (Phi) is 2.41. The zero-order valence-electron chi connectivity index (χ0n) is 9.47. The summed E-state index contributed by atoms with van der Waals surface area (Å²) in [6.07, 6.45) is 3.32. The molecule has 1 N–H and O–H groups in total. The van der Waals surface area contributed by atoms with Crippen LogP contribution in [0.2, 0.25) is 0 Å². The highest BCUT2D eigenvalue weighted by molar-refractivity contribution is 6.04. The first-order valence-corrected chi connectivity index (χ1v) is 5.13. The third-order valence-corrected chi connectivity index (χ3v) is 2.55. The highest BCUT2D eigenvalue weighted by Gasteiger charge is 2.40. The molecule has 6 heteroatoms. The maximum Gasteiger partial charge on any atom is 0.325 e. The minimum Gasteiger partial charge on any atom is -0.322 e. The Balaban J connectivity index is 2.27. The van der Waals surface area contributed by atoms with Crippen LogP contribution in [-0.2, 0) is 11.8 Å². The normalized spacial score (nSPS) is 20.8. The number of aromatic nitrogens is 2.